The summed E-state index contributed by atoms with van der Waals surface area (Å²) in [6.45, 7) is 0.609. The highest BCUT2D eigenvalue weighted by Crippen LogP contribution is 2.26. The number of hydrogen-bond donors (Lipinski definition) is 1. The number of rotatable bonds is 6. The van der Waals surface area contributed by atoms with E-state index in [-0.39, 0.29) is 0 Å². The van der Waals surface area contributed by atoms with E-state index >= 15 is 0 Å². The molecular weight excluding hydrogens is 336 g/mol. The summed E-state index contributed by atoms with van der Waals surface area (Å²) in [7, 11) is 5.89. The van der Waals surface area contributed by atoms with Crippen LogP contribution in [0.3, 0.4) is 0 Å². The molecule has 0 bridgehead atoms. The molecule has 0 aliphatic rings. The SMILES string of the molecule is CN(C)c1cc(Cc2cc(C#N)ccc2-c2ccc(CCN)cn2)n(C)n1. The van der Waals surface area contributed by atoms with Crippen LogP contribution in [0.25, 0.3) is 11.3 Å². The molecule has 0 unspecified atom stereocenters. The van der Waals surface area contributed by atoms with Crippen molar-refractivity contribution in [2.45, 2.75) is 12.8 Å². The number of pyridine rings is 1. The lowest BCUT2D eigenvalue weighted by Crippen LogP contribution is -2.09. The molecule has 0 aliphatic heterocycles. The van der Waals surface area contributed by atoms with Crippen LogP contribution in [-0.4, -0.2) is 35.4 Å². The molecular formula is C21H24N6. The molecule has 0 saturated carbocycles. The second-order valence-electron chi connectivity index (χ2n) is 6.76. The fourth-order valence-corrected chi connectivity index (χ4v) is 3.03. The van der Waals surface area contributed by atoms with E-state index in [4.69, 9.17) is 5.73 Å². The first kappa shape index (κ1) is 18.6. The molecule has 0 radical (unpaired) electrons. The van der Waals surface area contributed by atoms with Crippen LogP contribution < -0.4 is 10.6 Å². The topological polar surface area (TPSA) is 83.8 Å². The van der Waals surface area contributed by atoms with Gasteiger partial charge in [-0.1, -0.05) is 12.1 Å². The van der Waals surface area contributed by atoms with Crippen molar-refractivity contribution in [3.05, 3.63) is 65.0 Å². The zero-order valence-electron chi connectivity index (χ0n) is 16.0. The fraction of sp³-hybridized carbons (Fsp3) is 0.286. The number of aromatic nitrogens is 3. The van der Waals surface area contributed by atoms with Crippen molar-refractivity contribution in [3.8, 4) is 17.3 Å². The number of hydrogen-bond acceptors (Lipinski definition) is 5. The molecule has 0 amide bonds. The van der Waals surface area contributed by atoms with Crippen LogP contribution >= 0.6 is 0 Å². The number of nitrogens with zero attached hydrogens (tertiary/aromatic N) is 5. The zero-order chi connectivity index (χ0) is 19.4. The van der Waals surface area contributed by atoms with Crippen molar-refractivity contribution < 1.29 is 0 Å². The maximum atomic E-state index is 9.31. The van der Waals surface area contributed by atoms with Crippen LogP contribution in [0.5, 0.6) is 0 Å². The van der Waals surface area contributed by atoms with Crippen LogP contribution in [0.4, 0.5) is 5.82 Å². The molecule has 0 spiro atoms. The van der Waals surface area contributed by atoms with Gasteiger partial charge in [-0.05, 0) is 42.3 Å². The van der Waals surface area contributed by atoms with Gasteiger partial charge in [-0.2, -0.15) is 10.4 Å². The highest BCUT2D eigenvalue weighted by molar-refractivity contribution is 5.66. The largest absolute Gasteiger partial charge is 0.361 e. The molecule has 3 aromatic rings. The standard InChI is InChI=1S/C21H24N6/c1-26(2)21-12-18(27(3)25-21)11-17-10-16(13-23)4-6-19(17)20-7-5-15(8-9-22)14-24-20/h4-7,10,12,14H,8-9,11,22H2,1-3H3. The first-order valence-electron chi connectivity index (χ1n) is 8.90. The van der Waals surface area contributed by atoms with E-state index in [0.29, 0.717) is 18.5 Å². The Morgan fingerprint density at radius 2 is 2.00 bits per heavy atom. The summed E-state index contributed by atoms with van der Waals surface area (Å²) in [5.74, 6) is 0.912. The Morgan fingerprint density at radius 3 is 2.59 bits per heavy atom. The Bertz CT molecular complexity index is 963. The molecule has 2 aromatic heterocycles. The van der Waals surface area contributed by atoms with Gasteiger partial charge >= 0.3 is 0 Å². The minimum atomic E-state index is 0.609. The number of anilines is 1. The Balaban J connectivity index is 2.00. The summed E-state index contributed by atoms with van der Waals surface area (Å²) >= 11 is 0. The van der Waals surface area contributed by atoms with Crippen LogP contribution in [0.2, 0.25) is 0 Å². The smallest absolute Gasteiger partial charge is 0.150 e. The lowest BCUT2D eigenvalue weighted by atomic mass is 9.97. The monoisotopic (exact) mass is 360 g/mol. The van der Waals surface area contributed by atoms with Crippen molar-refractivity contribution in [1.82, 2.24) is 14.8 Å². The van der Waals surface area contributed by atoms with Crippen LogP contribution in [-0.2, 0) is 19.9 Å². The van der Waals surface area contributed by atoms with Gasteiger partial charge in [0.2, 0.25) is 0 Å². The molecule has 0 saturated heterocycles. The number of nitrogens with two attached hydrogens (primary N) is 1. The predicted molar refractivity (Wildman–Crippen MR) is 107 cm³/mol. The van der Waals surface area contributed by atoms with E-state index in [9.17, 15) is 5.26 Å². The molecule has 3 rings (SSSR count). The molecule has 0 atom stereocenters. The van der Waals surface area contributed by atoms with Gasteiger partial charge in [0.25, 0.3) is 0 Å². The molecule has 2 N–H and O–H groups in total. The third-order valence-corrected chi connectivity index (χ3v) is 4.56. The minimum Gasteiger partial charge on any atom is -0.361 e. The maximum Gasteiger partial charge on any atom is 0.150 e. The highest BCUT2D eigenvalue weighted by Gasteiger charge is 2.13. The van der Waals surface area contributed by atoms with Crippen molar-refractivity contribution in [2.75, 3.05) is 25.5 Å². The van der Waals surface area contributed by atoms with Gasteiger partial charge in [0, 0.05) is 51.1 Å². The van der Waals surface area contributed by atoms with Crippen LogP contribution in [0, 0.1) is 11.3 Å². The minimum absolute atomic E-state index is 0.609. The first-order chi connectivity index (χ1) is 13.0. The van der Waals surface area contributed by atoms with E-state index in [1.165, 1.54) is 0 Å². The first-order valence-corrected chi connectivity index (χ1v) is 8.90. The molecule has 0 aliphatic carbocycles. The summed E-state index contributed by atoms with van der Waals surface area (Å²) in [6.07, 6.45) is 3.36. The van der Waals surface area contributed by atoms with E-state index in [1.807, 2.05) is 61.2 Å². The van der Waals surface area contributed by atoms with Gasteiger partial charge in [-0.3, -0.25) is 9.67 Å². The quantitative estimate of drug-likeness (QED) is 0.730. The third kappa shape index (κ3) is 4.15. The molecule has 0 fully saturated rings. The fourth-order valence-electron chi connectivity index (χ4n) is 3.03. The van der Waals surface area contributed by atoms with E-state index in [2.05, 4.69) is 28.3 Å². The normalized spacial score (nSPS) is 10.6. The molecule has 1 aromatic carbocycles. The van der Waals surface area contributed by atoms with Crippen molar-refractivity contribution >= 4 is 5.82 Å². The Labute approximate surface area is 159 Å². The van der Waals surface area contributed by atoms with Crippen LogP contribution in [0.1, 0.15) is 22.4 Å². The Kier molecular flexibility index (Phi) is 5.53. The molecule has 27 heavy (non-hydrogen) atoms. The summed E-state index contributed by atoms with van der Waals surface area (Å²) in [6, 6.07) is 14.1. The Hall–Kier alpha value is -3.17. The predicted octanol–water partition coefficient (Wildman–Crippen LogP) is 2.51. The second-order valence-corrected chi connectivity index (χ2v) is 6.76. The van der Waals surface area contributed by atoms with Gasteiger partial charge in [0.15, 0.2) is 0 Å². The van der Waals surface area contributed by atoms with Gasteiger partial charge < -0.3 is 10.6 Å². The lowest BCUT2D eigenvalue weighted by Gasteiger charge is -2.11. The number of nitriles is 1. The summed E-state index contributed by atoms with van der Waals surface area (Å²) < 4.78 is 1.88. The average molecular weight is 360 g/mol. The van der Waals surface area contributed by atoms with Gasteiger partial charge in [0.05, 0.1) is 17.3 Å². The number of aryl methyl sites for hydroxylation is 1. The van der Waals surface area contributed by atoms with Crippen molar-refractivity contribution in [1.29, 1.82) is 5.26 Å². The second kappa shape index (κ2) is 8.02. The third-order valence-electron chi connectivity index (χ3n) is 4.56. The molecule has 6 nitrogen and oxygen atoms in total. The van der Waals surface area contributed by atoms with Gasteiger partial charge in [0.1, 0.15) is 5.82 Å². The average Bonchev–Trinajstić information content (AvgIpc) is 3.03. The summed E-state index contributed by atoms with van der Waals surface area (Å²) in [5.41, 5.74) is 11.4. The summed E-state index contributed by atoms with van der Waals surface area (Å²) in [5, 5.41) is 13.8. The Morgan fingerprint density at radius 1 is 1.19 bits per heavy atom. The highest BCUT2D eigenvalue weighted by atomic mass is 15.3. The maximum absolute atomic E-state index is 9.31. The molecule has 2 heterocycles. The number of benzene rings is 1. The van der Waals surface area contributed by atoms with E-state index < -0.39 is 0 Å². The van der Waals surface area contributed by atoms with Gasteiger partial charge in [-0.15, -0.1) is 0 Å². The van der Waals surface area contributed by atoms with Crippen LogP contribution in [0.15, 0.2) is 42.6 Å². The zero-order valence-corrected chi connectivity index (χ0v) is 16.0. The summed E-state index contributed by atoms with van der Waals surface area (Å²) in [4.78, 5) is 6.59. The van der Waals surface area contributed by atoms with E-state index in [1.54, 1.807) is 0 Å². The lowest BCUT2D eigenvalue weighted by molar-refractivity contribution is 0.721. The molecule has 6 heteroatoms. The van der Waals surface area contributed by atoms with Crippen molar-refractivity contribution in [3.63, 3.8) is 0 Å². The molecule has 138 valence electrons. The van der Waals surface area contributed by atoms with Gasteiger partial charge in [-0.25, -0.2) is 0 Å². The van der Waals surface area contributed by atoms with Crippen molar-refractivity contribution in [2.24, 2.45) is 12.8 Å². The van der Waals surface area contributed by atoms with E-state index in [0.717, 1.165) is 40.3 Å².